The number of nitro groups is 1. The van der Waals surface area contributed by atoms with Gasteiger partial charge in [0.2, 0.25) is 5.75 Å². The van der Waals surface area contributed by atoms with E-state index < -0.39 is 34.0 Å². The van der Waals surface area contributed by atoms with E-state index in [1.54, 1.807) is 31.2 Å². The molecule has 1 N–H and O–H groups in total. The molecule has 1 amide bonds. The number of nitrogens with zero attached hydrogens (tertiary/aromatic N) is 2. The highest BCUT2D eigenvalue weighted by atomic mass is 79.9. The van der Waals surface area contributed by atoms with Crippen LogP contribution in [0, 0.1) is 21.4 Å². The number of carbonyl (C=O) groups excluding carboxylic acids is 1. The summed E-state index contributed by atoms with van der Waals surface area (Å²) < 4.78 is 56.0. The number of halogens is 4. The van der Waals surface area contributed by atoms with Crippen LogP contribution in [0.5, 0.6) is 23.0 Å². The van der Waals surface area contributed by atoms with Gasteiger partial charge in [-0.3, -0.25) is 14.9 Å². The monoisotopic (exact) mass is 619 g/mol. The number of benzene rings is 3. The van der Waals surface area contributed by atoms with Gasteiger partial charge in [0.25, 0.3) is 5.91 Å². The van der Waals surface area contributed by atoms with E-state index in [9.17, 15) is 33.3 Å². The van der Waals surface area contributed by atoms with Gasteiger partial charge in [-0.1, -0.05) is 0 Å². The lowest BCUT2D eigenvalue weighted by Gasteiger charge is -2.15. The number of anilines is 1. The Morgan fingerprint density at radius 2 is 1.75 bits per heavy atom. The maximum absolute atomic E-state index is 13.1. The maximum Gasteiger partial charge on any atom is 0.416 e. The standard InChI is InChI=1S/C27H21BrF3N3O6/c1-3-38-20-8-6-19(7-9-20)33-26(35)17(15-32)11-16-12-21(28)25(24(13-16)39-4-2)40-23-10-5-18(27(29,30)31)14-22(23)34(36)37/h5-14H,3-4H2,1-2H3,(H,33,35)/b17-11+. The van der Waals surface area contributed by atoms with Crippen molar-refractivity contribution < 1.29 is 37.1 Å². The van der Waals surface area contributed by atoms with Crippen molar-refractivity contribution in [2.45, 2.75) is 20.0 Å². The van der Waals surface area contributed by atoms with E-state index >= 15 is 0 Å². The van der Waals surface area contributed by atoms with Gasteiger partial charge in [0, 0.05) is 11.8 Å². The number of hydrogen-bond acceptors (Lipinski definition) is 7. The van der Waals surface area contributed by atoms with E-state index in [1.165, 1.54) is 18.2 Å². The van der Waals surface area contributed by atoms with Crippen LogP contribution in [0.15, 0.2) is 64.6 Å². The minimum atomic E-state index is -4.79. The number of nitrogens with one attached hydrogen (secondary N) is 1. The number of rotatable bonds is 10. The quantitative estimate of drug-likeness (QED) is 0.108. The summed E-state index contributed by atoms with van der Waals surface area (Å²) in [5, 5.41) is 23.7. The van der Waals surface area contributed by atoms with Crippen molar-refractivity contribution in [2.24, 2.45) is 0 Å². The molecule has 0 heterocycles. The molecule has 9 nitrogen and oxygen atoms in total. The van der Waals surface area contributed by atoms with Crippen molar-refractivity contribution in [2.75, 3.05) is 18.5 Å². The molecule has 0 unspecified atom stereocenters. The second-order valence-corrected chi connectivity index (χ2v) is 8.74. The zero-order chi connectivity index (χ0) is 29.4. The van der Waals surface area contributed by atoms with Gasteiger partial charge in [0.1, 0.15) is 17.4 Å². The fraction of sp³-hybridized carbons (Fsp3) is 0.185. The number of amides is 1. The Balaban J connectivity index is 1.93. The third kappa shape index (κ3) is 7.51. The molecule has 0 aliphatic heterocycles. The number of nitriles is 1. The number of nitro benzene ring substituents is 1. The van der Waals surface area contributed by atoms with E-state index in [0.717, 1.165) is 6.07 Å². The zero-order valence-corrected chi connectivity index (χ0v) is 22.6. The van der Waals surface area contributed by atoms with Crippen molar-refractivity contribution in [3.8, 4) is 29.1 Å². The van der Waals surface area contributed by atoms with Gasteiger partial charge in [-0.25, -0.2) is 0 Å². The van der Waals surface area contributed by atoms with Crippen LogP contribution in [0.25, 0.3) is 6.08 Å². The van der Waals surface area contributed by atoms with E-state index in [1.807, 2.05) is 13.0 Å². The number of carbonyl (C=O) groups is 1. The second kappa shape index (κ2) is 13.0. The Hall–Kier alpha value is -4.57. The molecule has 0 spiro atoms. The summed E-state index contributed by atoms with van der Waals surface area (Å²) in [5.41, 5.74) is -1.57. The van der Waals surface area contributed by atoms with Gasteiger partial charge in [0.05, 0.1) is 28.2 Å². The molecule has 13 heteroatoms. The van der Waals surface area contributed by atoms with Crippen LogP contribution in [0.3, 0.4) is 0 Å². The zero-order valence-electron chi connectivity index (χ0n) is 21.0. The summed E-state index contributed by atoms with van der Waals surface area (Å²) in [6, 6.07) is 13.2. The molecule has 0 saturated carbocycles. The molecule has 3 aromatic carbocycles. The molecule has 0 saturated heterocycles. The Kier molecular flexibility index (Phi) is 9.73. The van der Waals surface area contributed by atoms with Gasteiger partial charge in [-0.15, -0.1) is 0 Å². The molecule has 208 valence electrons. The minimum Gasteiger partial charge on any atom is -0.494 e. The third-order valence-electron chi connectivity index (χ3n) is 5.13. The van der Waals surface area contributed by atoms with Gasteiger partial charge < -0.3 is 19.5 Å². The number of alkyl halides is 3. The molecule has 40 heavy (non-hydrogen) atoms. The Morgan fingerprint density at radius 3 is 2.33 bits per heavy atom. The molecule has 0 aliphatic rings. The van der Waals surface area contributed by atoms with Crippen LogP contribution >= 0.6 is 15.9 Å². The highest BCUT2D eigenvalue weighted by molar-refractivity contribution is 9.10. The number of ether oxygens (including phenoxy) is 3. The number of hydrogen-bond donors (Lipinski definition) is 1. The van der Waals surface area contributed by atoms with Crippen molar-refractivity contribution in [1.29, 1.82) is 5.26 Å². The van der Waals surface area contributed by atoms with E-state index in [0.29, 0.717) is 35.7 Å². The molecule has 3 aromatic rings. The molecule has 0 aromatic heterocycles. The fourth-order valence-electron chi connectivity index (χ4n) is 3.38. The van der Waals surface area contributed by atoms with Gasteiger partial charge in [-0.2, -0.15) is 18.4 Å². The Labute approximate surface area is 235 Å². The second-order valence-electron chi connectivity index (χ2n) is 7.88. The first-order valence-electron chi connectivity index (χ1n) is 11.6. The Bertz CT molecular complexity index is 1480. The van der Waals surface area contributed by atoms with E-state index in [-0.39, 0.29) is 28.2 Å². The van der Waals surface area contributed by atoms with Crippen LogP contribution in [-0.2, 0) is 11.0 Å². The lowest BCUT2D eigenvalue weighted by atomic mass is 10.1. The van der Waals surface area contributed by atoms with Gasteiger partial charge in [-0.05, 0) is 89.9 Å². The summed E-state index contributed by atoms with van der Waals surface area (Å²) in [4.78, 5) is 23.2. The molecular weight excluding hydrogens is 599 g/mol. The summed E-state index contributed by atoms with van der Waals surface area (Å²) in [7, 11) is 0. The molecule has 0 atom stereocenters. The topological polar surface area (TPSA) is 124 Å². The normalized spacial score (nSPS) is 11.4. The molecule has 0 fully saturated rings. The Morgan fingerprint density at radius 1 is 1.07 bits per heavy atom. The highest BCUT2D eigenvalue weighted by Crippen LogP contribution is 2.44. The fourth-order valence-corrected chi connectivity index (χ4v) is 3.92. The lowest BCUT2D eigenvalue weighted by molar-refractivity contribution is -0.385. The molecule has 0 aliphatic carbocycles. The lowest BCUT2D eigenvalue weighted by Crippen LogP contribution is -2.13. The smallest absolute Gasteiger partial charge is 0.416 e. The molecule has 0 bridgehead atoms. The van der Waals surface area contributed by atoms with Crippen molar-refractivity contribution >= 4 is 39.3 Å². The first-order valence-corrected chi connectivity index (χ1v) is 12.4. The largest absolute Gasteiger partial charge is 0.494 e. The van der Waals surface area contributed by atoms with Crippen molar-refractivity contribution in [3.63, 3.8) is 0 Å². The van der Waals surface area contributed by atoms with Crippen LogP contribution < -0.4 is 19.5 Å². The maximum atomic E-state index is 13.1. The predicted octanol–water partition coefficient (Wildman–Crippen LogP) is 7.51. The van der Waals surface area contributed by atoms with E-state index in [4.69, 9.17) is 14.2 Å². The average Bonchev–Trinajstić information content (AvgIpc) is 2.90. The van der Waals surface area contributed by atoms with E-state index in [2.05, 4.69) is 21.2 Å². The summed E-state index contributed by atoms with van der Waals surface area (Å²) >= 11 is 3.28. The summed E-state index contributed by atoms with van der Waals surface area (Å²) in [6.07, 6.45) is -3.49. The van der Waals surface area contributed by atoms with Crippen LogP contribution in [0.2, 0.25) is 0 Å². The third-order valence-corrected chi connectivity index (χ3v) is 5.71. The summed E-state index contributed by atoms with van der Waals surface area (Å²) in [6.45, 7) is 4.11. The molecule has 3 rings (SSSR count). The first kappa shape index (κ1) is 30.0. The van der Waals surface area contributed by atoms with Gasteiger partial charge >= 0.3 is 11.9 Å². The minimum absolute atomic E-state index is 0.0563. The first-order chi connectivity index (χ1) is 19.0. The van der Waals surface area contributed by atoms with Crippen LogP contribution in [-0.4, -0.2) is 24.0 Å². The molecule has 0 radical (unpaired) electrons. The van der Waals surface area contributed by atoms with Gasteiger partial charge in [0.15, 0.2) is 11.5 Å². The molecular formula is C27H21BrF3N3O6. The predicted molar refractivity (Wildman–Crippen MR) is 143 cm³/mol. The highest BCUT2D eigenvalue weighted by Gasteiger charge is 2.33. The van der Waals surface area contributed by atoms with Crippen molar-refractivity contribution in [1.82, 2.24) is 0 Å². The SMILES string of the molecule is CCOc1ccc(NC(=O)/C(C#N)=C/c2cc(Br)c(Oc3ccc(C(F)(F)F)cc3[N+](=O)[O-])c(OCC)c2)cc1. The van der Waals surface area contributed by atoms with Crippen LogP contribution in [0.1, 0.15) is 25.0 Å². The van der Waals surface area contributed by atoms with Crippen molar-refractivity contribution in [3.05, 3.63) is 85.9 Å². The van der Waals surface area contributed by atoms with Crippen LogP contribution in [0.4, 0.5) is 24.5 Å². The average molecular weight is 620 g/mol. The summed E-state index contributed by atoms with van der Waals surface area (Å²) in [5.74, 6) is -0.508.